The third kappa shape index (κ3) is 3.57. The molecule has 0 aliphatic rings. The number of aromatic nitrogens is 1. The van der Waals surface area contributed by atoms with Gasteiger partial charge in [0.15, 0.2) is 0 Å². The van der Waals surface area contributed by atoms with Crippen molar-refractivity contribution in [1.29, 1.82) is 0 Å². The molecule has 1 aromatic heterocycles. The summed E-state index contributed by atoms with van der Waals surface area (Å²) in [4.78, 5) is 25.9. The number of nitrogens with one attached hydrogen (secondary N) is 1. The van der Waals surface area contributed by atoms with Crippen molar-refractivity contribution in [3.8, 4) is 5.75 Å². The molecule has 0 saturated heterocycles. The molecule has 0 saturated carbocycles. The molecule has 1 aromatic carbocycles. The van der Waals surface area contributed by atoms with Crippen molar-refractivity contribution in [1.82, 2.24) is 10.3 Å². The van der Waals surface area contributed by atoms with Gasteiger partial charge in [-0.05, 0) is 36.6 Å². The van der Waals surface area contributed by atoms with Crippen LogP contribution in [0.25, 0.3) is 0 Å². The summed E-state index contributed by atoms with van der Waals surface area (Å²) >= 11 is 0. The molecular formula is C15H15N3O4. The number of hydrogen-bond acceptors (Lipinski definition) is 5. The van der Waals surface area contributed by atoms with E-state index in [1.165, 1.54) is 12.1 Å². The van der Waals surface area contributed by atoms with Crippen LogP contribution in [-0.4, -0.2) is 27.5 Å². The standard InChI is InChI=1S/C15H15N3O4/c1-10-9-16-6-4-11(10)5-7-17-15(20)13-3-2-12(18(21)22)8-14(13)19/h2-4,6,8-9,19H,5,7H2,1H3,(H,17,20). The maximum Gasteiger partial charge on any atom is 0.273 e. The number of aromatic hydroxyl groups is 1. The van der Waals surface area contributed by atoms with E-state index in [4.69, 9.17) is 0 Å². The molecule has 0 fully saturated rings. The molecule has 114 valence electrons. The number of hydrogen-bond donors (Lipinski definition) is 2. The van der Waals surface area contributed by atoms with Crippen molar-refractivity contribution in [2.24, 2.45) is 0 Å². The summed E-state index contributed by atoms with van der Waals surface area (Å²) < 4.78 is 0. The van der Waals surface area contributed by atoms with E-state index in [0.29, 0.717) is 13.0 Å². The first-order chi connectivity index (χ1) is 10.5. The fraction of sp³-hybridized carbons (Fsp3) is 0.200. The number of benzene rings is 1. The van der Waals surface area contributed by atoms with Crippen LogP contribution in [0.5, 0.6) is 5.75 Å². The van der Waals surface area contributed by atoms with Gasteiger partial charge >= 0.3 is 0 Å². The first-order valence-corrected chi connectivity index (χ1v) is 6.64. The number of aryl methyl sites for hydroxylation is 1. The minimum absolute atomic E-state index is 0.0112. The minimum Gasteiger partial charge on any atom is -0.507 e. The number of nitro groups is 1. The predicted molar refractivity (Wildman–Crippen MR) is 79.8 cm³/mol. The van der Waals surface area contributed by atoms with Crippen LogP contribution in [-0.2, 0) is 6.42 Å². The SMILES string of the molecule is Cc1cnccc1CCNC(=O)c1ccc([N+](=O)[O-])cc1O. The van der Waals surface area contributed by atoms with Crippen LogP contribution in [0.3, 0.4) is 0 Å². The van der Waals surface area contributed by atoms with Crippen molar-refractivity contribution >= 4 is 11.6 Å². The van der Waals surface area contributed by atoms with E-state index in [2.05, 4.69) is 10.3 Å². The second-order valence-electron chi connectivity index (χ2n) is 4.77. The molecule has 0 spiro atoms. The quantitative estimate of drug-likeness (QED) is 0.649. The number of pyridine rings is 1. The van der Waals surface area contributed by atoms with Crippen LogP contribution in [0.15, 0.2) is 36.7 Å². The van der Waals surface area contributed by atoms with Gasteiger partial charge in [0.1, 0.15) is 5.75 Å². The summed E-state index contributed by atoms with van der Waals surface area (Å²) in [6.45, 7) is 2.33. The van der Waals surface area contributed by atoms with Crippen molar-refractivity contribution in [3.63, 3.8) is 0 Å². The second-order valence-corrected chi connectivity index (χ2v) is 4.77. The van der Waals surface area contributed by atoms with Gasteiger partial charge in [-0.3, -0.25) is 19.9 Å². The molecule has 0 unspecified atom stereocenters. The van der Waals surface area contributed by atoms with Gasteiger partial charge in [0, 0.05) is 25.0 Å². The Morgan fingerprint density at radius 3 is 2.82 bits per heavy atom. The molecule has 2 N–H and O–H groups in total. The lowest BCUT2D eigenvalue weighted by Crippen LogP contribution is -2.26. The zero-order valence-corrected chi connectivity index (χ0v) is 11.9. The van der Waals surface area contributed by atoms with Gasteiger partial charge in [0.2, 0.25) is 0 Å². The maximum absolute atomic E-state index is 12.0. The molecule has 2 aromatic rings. The molecule has 0 aliphatic heterocycles. The van der Waals surface area contributed by atoms with Gasteiger partial charge in [-0.2, -0.15) is 0 Å². The highest BCUT2D eigenvalue weighted by atomic mass is 16.6. The van der Waals surface area contributed by atoms with Crippen molar-refractivity contribution in [2.45, 2.75) is 13.3 Å². The van der Waals surface area contributed by atoms with E-state index in [1.807, 2.05) is 13.0 Å². The summed E-state index contributed by atoms with van der Waals surface area (Å²) in [5.41, 5.74) is 1.86. The molecule has 22 heavy (non-hydrogen) atoms. The average molecular weight is 301 g/mol. The number of non-ortho nitro benzene ring substituents is 1. The fourth-order valence-electron chi connectivity index (χ4n) is 2.01. The molecule has 0 atom stereocenters. The second kappa shape index (κ2) is 6.66. The zero-order valence-electron chi connectivity index (χ0n) is 11.9. The Bertz CT molecular complexity index is 716. The lowest BCUT2D eigenvalue weighted by atomic mass is 10.1. The van der Waals surface area contributed by atoms with E-state index < -0.39 is 16.6 Å². The number of amides is 1. The molecule has 0 bridgehead atoms. The van der Waals surface area contributed by atoms with Crippen LogP contribution in [0.4, 0.5) is 5.69 Å². The third-order valence-corrected chi connectivity index (χ3v) is 3.25. The maximum atomic E-state index is 12.0. The van der Waals surface area contributed by atoms with Gasteiger partial charge in [0.05, 0.1) is 16.6 Å². The Morgan fingerprint density at radius 2 is 2.18 bits per heavy atom. The first kappa shape index (κ1) is 15.4. The summed E-state index contributed by atoms with van der Waals surface area (Å²) in [6.07, 6.45) is 4.07. The molecule has 7 heteroatoms. The lowest BCUT2D eigenvalue weighted by Gasteiger charge is -2.08. The van der Waals surface area contributed by atoms with Crippen LogP contribution in [0, 0.1) is 17.0 Å². The van der Waals surface area contributed by atoms with Crippen LogP contribution in [0.1, 0.15) is 21.5 Å². The number of carbonyl (C=O) groups excluding carboxylic acids is 1. The summed E-state index contributed by atoms with van der Waals surface area (Å²) in [5.74, 6) is -0.883. The van der Waals surface area contributed by atoms with Crippen LogP contribution < -0.4 is 5.32 Å². The molecule has 7 nitrogen and oxygen atoms in total. The number of phenols is 1. The van der Waals surface area contributed by atoms with Crippen LogP contribution in [0.2, 0.25) is 0 Å². The van der Waals surface area contributed by atoms with E-state index >= 15 is 0 Å². The normalized spacial score (nSPS) is 10.2. The highest BCUT2D eigenvalue weighted by molar-refractivity contribution is 5.97. The van der Waals surface area contributed by atoms with Gasteiger partial charge in [0.25, 0.3) is 11.6 Å². The lowest BCUT2D eigenvalue weighted by molar-refractivity contribution is -0.384. The van der Waals surface area contributed by atoms with Gasteiger partial charge in [-0.25, -0.2) is 0 Å². The molecule has 2 rings (SSSR count). The fourth-order valence-corrected chi connectivity index (χ4v) is 2.01. The predicted octanol–water partition coefficient (Wildman–Crippen LogP) is 1.98. The van der Waals surface area contributed by atoms with E-state index in [-0.39, 0.29) is 11.3 Å². The monoisotopic (exact) mass is 301 g/mol. The molecular weight excluding hydrogens is 286 g/mol. The summed E-state index contributed by atoms with van der Waals surface area (Å²) in [7, 11) is 0. The van der Waals surface area contributed by atoms with Crippen molar-refractivity contribution in [3.05, 3.63) is 63.5 Å². The Morgan fingerprint density at radius 1 is 1.41 bits per heavy atom. The molecule has 0 radical (unpaired) electrons. The number of rotatable bonds is 5. The van der Waals surface area contributed by atoms with Crippen LogP contribution >= 0.6 is 0 Å². The molecule has 1 amide bonds. The highest BCUT2D eigenvalue weighted by Crippen LogP contribution is 2.23. The van der Waals surface area contributed by atoms with E-state index in [1.54, 1.807) is 12.4 Å². The smallest absolute Gasteiger partial charge is 0.273 e. The van der Waals surface area contributed by atoms with E-state index in [9.17, 15) is 20.0 Å². The Kier molecular flexibility index (Phi) is 4.67. The number of carbonyl (C=O) groups is 1. The minimum atomic E-state index is -0.631. The zero-order chi connectivity index (χ0) is 16.1. The summed E-state index contributed by atoms with van der Waals surface area (Å²) in [6, 6.07) is 5.26. The van der Waals surface area contributed by atoms with Crippen molar-refractivity contribution in [2.75, 3.05) is 6.54 Å². The van der Waals surface area contributed by atoms with Gasteiger partial charge in [-0.15, -0.1) is 0 Å². The topological polar surface area (TPSA) is 105 Å². The Labute approximate surface area is 126 Å². The summed E-state index contributed by atoms with van der Waals surface area (Å²) in [5, 5.41) is 23.0. The third-order valence-electron chi connectivity index (χ3n) is 3.25. The molecule has 1 heterocycles. The first-order valence-electron chi connectivity index (χ1n) is 6.64. The average Bonchev–Trinajstić information content (AvgIpc) is 2.48. The van der Waals surface area contributed by atoms with E-state index in [0.717, 1.165) is 17.2 Å². The van der Waals surface area contributed by atoms with Gasteiger partial charge < -0.3 is 10.4 Å². The number of nitro benzene ring substituents is 1. The van der Waals surface area contributed by atoms with Crippen molar-refractivity contribution < 1.29 is 14.8 Å². The molecule has 0 aliphatic carbocycles. The van der Waals surface area contributed by atoms with Gasteiger partial charge in [-0.1, -0.05) is 0 Å². The number of nitrogens with zero attached hydrogens (tertiary/aromatic N) is 2. The Hall–Kier alpha value is -2.96. The number of phenolic OH excluding ortho intramolecular Hbond substituents is 1. The Balaban J connectivity index is 1.98. The largest absolute Gasteiger partial charge is 0.507 e. The highest BCUT2D eigenvalue weighted by Gasteiger charge is 2.15.